The highest BCUT2D eigenvalue weighted by Gasteiger charge is 2.61. The molecule has 1 aliphatic heterocycles. The molecule has 2 unspecified atom stereocenters. The molecule has 0 aromatic heterocycles. The van der Waals surface area contributed by atoms with Crippen molar-refractivity contribution in [2.45, 2.75) is 78.2 Å². The van der Waals surface area contributed by atoms with Crippen molar-refractivity contribution >= 4 is 11.7 Å². The lowest BCUT2D eigenvalue weighted by atomic mass is 9.46. The Bertz CT molecular complexity index is 865. The Hall–Kier alpha value is -1.64. The van der Waals surface area contributed by atoms with Crippen molar-refractivity contribution < 1.29 is 9.59 Å². The van der Waals surface area contributed by atoms with Crippen LogP contribution in [0.4, 0.5) is 0 Å². The number of rotatable bonds is 3. The number of amides is 1. The van der Waals surface area contributed by atoms with Crippen LogP contribution in [0.5, 0.6) is 0 Å². The largest absolute Gasteiger partial charge is 0.342 e. The number of piperidine rings is 1. The molecular weight excluding hydrogens is 382 g/mol. The van der Waals surface area contributed by atoms with Crippen LogP contribution >= 0.6 is 0 Å². The van der Waals surface area contributed by atoms with Crippen molar-refractivity contribution in [2.24, 2.45) is 40.4 Å². The van der Waals surface area contributed by atoms with Gasteiger partial charge >= 0.3 is 0 Å². The summed E-state index contributed by atoms with van der Waals surface area (Å²) in [7, 11) is 2.04. The molecule has 0 bridgehead atoms. The van der Waals surface area contributed by atoms with Gasteiger partial charge < -0.3 is 4.90 Å². The molecule has 0 spiro atoms. The Morgan fingerprint density at radius 3 is 2.42 bits per heavy atom. The lowest BCUT2D eigenvalue weighted by Gasteiger charge is -2.62. The van der Waals surface area contributed by atoms with E-state index in [1.54, 1.807) is 0 Å². The van der Waals surface area contributed by atoms with E-state index < -0.39 is 0 Å². The van der Waals surface area contributed by atoms with Gasteiger partial charge in [-0.05, 0) is 79.4 Å². The molecule has 1 amide bonds. The van der Waals surface area contributed by atoms with Gasteiger partial charge in [0.15, 0.2) is 5.78 Å². The molecule has 5 rings (SSSR count). The molecule has 8 atom stereocenters. The maximum absolute atomic E-state index is 13.3. The number of hydrogen-bond donors (Lipinski definition) is 0. The van der Waals surface area contributed by atoms with Gasteiger partial charge in [-0.25, -0.2) is 0 Å². The third kappa shape index (κ3) is 3.05. The molecule has 1 saturated heterocycles. The maximum atomic E-state index is 13.3. The van der Waals surface area contributed by atoms with Crippen molar-refractivity contribution in [1.29, 1.82) is 0 Å². The van der Waals surface area contributed by atoms with Crippen LogP contribution in [-0.2, 0) is 4.79 Å². The highest BCUT2D eigenvalue weighted by atomic mass is 16.2. The molecule has 3 aliphatic carbocycles. The Kier molecular flexibility index (Phi) is 5.10. The maximum Gasteiger partial charge on any atom is 0.222 e. The second-order valence-electron chi connectivity index (χ2n) is 11.7. The van der Waals surface area contributed by atoms with E-state index in [2.05, 4.69) is 25.7 Å². The number of carbonyl (C=O) groups excluding carboxylic acids is 2. The molecule has 3 heteroatoms. The number of fused-ring (bicyclic) bond motifs is 5. The zero-order valence-corrected chi connectivity index (χ0v) is 19.8. The van der Waals surface area contributed by atoms with E-state index in [-0.39, 0.29) is 16.7 Å². The lowest BCUT2D eigenvalue weighted by Crippen LogP contribution is -2.61. The number of Topliss-reactive ketones (excluding diaryl/α,β-unsaturated/α-hetero) is 1. The Morgan fingerprint density at radius 1 is 0.968 bits per heavy atom. The minimum absolute atomic E-state index is 0.0966. The number of benzene rings is 1. The first-order valence-electron chi connectivity index (χ1n) is 12.6. The highest BCUT2D eigenvalue weighted by molar-refractivity contribution is 5.97. The predicted octanol–water partition coefficient (Wildman–Crippen LogP) is 5.99. The molecule has 3 nitrogen and oxygen atoms in total. The van der Waals surface area contributed by atoms with Crippen LogP contribution in [0.1, 0.15) is 82.5 Å². The molecule has 1 aromatic rings. The van der Waals surface area contributed by atoms with Crippen LogP contribution in [0.15, 0.2) is 30.3 Å². The van der Waals surface area contributed by atoms with E-state index in [0.717, 1.165) is 42.6 Å². The van der Waals surface area contributed by atoms with Gasteiger partial charge in [0.05, 0.1) is 0 Å². The Morgan fingerprint density at radius 2 is 1.68 bits per heavy atom. The first kappa shape index (κ1) is 21.2. The number of likely N-dealkylation sites (tertiary alicyclic amines) is 1. The number of nitrogens with zero attached hydrogens (tertiary/aromatic N) is 1. The summed E-state index contributed by atoms with van der Waals surface area (Å²) in [5, 5.41) is 0. The molecule has 1 heterocycles. The first-order chi connectivity index (χ1) is 14.8. The molecule has 1 aromatic carbocycles. The molecule has 31 heavy (non-hydrogen) atoms. The second kappa shape index (κ2) is 7.46. The van der Waals surface area contributed by atoms with Crippen molar-refractivity contribution in [2.75, 3.05) is 7.05 Å². The molecule has 3 saturated carbocycles. The van der Waals surface area contributed by atoms with Gasteiger partial charge in [0, 0.05) is 31.0 Å². The summed E-state index contributed by atoms with van der Waals surface area (Å²) < 4.78 is 0. The third-order valence-electron chi connectivity index (χ3n) is 10.7. The van der Waals surface area contributed by atoms with Gasteiger partial charge in [-0.3, -0.25) is 9.59 Å². The molecule has 4 fully saturated rings. The van der Waals surface area contributed by atoms with Gasteiger partial charge in [-0.2, -0.15) is 0 Å². The smallest absolute Gasteiger partial charge is 0.222 e. The first-order valence-corrected chi connectivity index (χ1v) is 12.6. The van der Waals surface area contributed by atoms with E-state index in [1.807, 2.05) is 37.4 Å². The fraction of sp³-hybridized carbons (Fsp3) is 0.714. The topological polar surface area (TPSA) is 37.4 Å². The molecule has 4 aliphatic rings. The van der Waals surface area contributed by atoms with Crippen molar-refractivity contribution in [3.05, 3.63) is 35.9 Å². The van der Waals surface area contributed by atoms with Crippen LogP contribution in [0.2, 0.25) is 0 Å². The van der Waals surface area contributed by atoms with Gasteiger partial charge in [0.25, 0.3) is 0 Å². The van der Waals surface area contributed by atoms with E-state index in [1.165, 1.54) is 32.1 Å². The zero-order chi connectivity index (χ0) is 22.0. The van der Waals surface area contributed by atoms with Crippen molar-refractivity contribution in [1.82, 2.24) is 4.90 Å². The quantitative estimate of drug-likeness (QED) is 0.563. The Labute approximate surface area is 188 Å². The standard InChI is InChI=1S/C28H39NO2/c1-18(26(31)19-8-6-5-7-9-19)21-11-12-22-20-10-13-24-28(3,17-15-25(30)29(24)4)23(20)14-16-27(21,22)2/h5-9,18,20-24H,10-17H2,1-4H3/t18?,20-,21+,22-,23-,24?,27+,28+/m0/s1. The van der Waals surface area contributed by atoms with Crippen LogP contribution in [0, 0.1) is 40.4 Å². The van der Waals surface area contributed by atoms with Crippen molar-refractivity contribution in [3.8, 4) is 0 Å². The van der Waals surface area contributed by atoms with E-state index >= 15 is 0 Å². The van der Waals surface area contributed by atoms with Crippen LogP contribution in [0.25, 0.3) is 0 Å². The number of ketones is 1. The van der Waals surface area contributed by atoms with E-state index in [0.29, 0.717) is 23.7 Å². The summed E-state index contributed by atoms with van der Waals surface area (Å²) in [6, 6.07) is 10.3. The average Bonchev–Trinajstić information content (AvgIpc) is 3.13. The summed E-state index contributed by atoms with van der Waals surface area (Å²) in [6.45, 7) is 7.21. The van der Waals surface area contributed by atoms with Crippen LogP contribution < -0.4 is 0 Å². The van der Waals surface area contributed by atoms with Crippen LogP contribution in [-0.4, -0.2) is 29.7 Å². The summed E-state index contributed by atoms with van der Waals surface area (Å²) in [5.41, 5.74) is 1.43. The monoisotopic (exact) mass is 421 g/mol. The predicted molar refractivity (Wildman–Crippen MR) is 124 cm³/mol. The van der Waals surface area contributed by atoms with Crippen molar-refractivity contribution in [3.63, 3.8) is 0 Å². The number of carbonyl (C=O) groups is 2. The van der Waals surface area contributed by atoms with E-state index in [4.69, 9.17) is 0 Å². The fourth-order valence-electron chi connectivity index (χ4n) is 9.06. The summed E-state index contributed by atoms with van der Waals surface area (Å²) >= 11 is 0. The summed E-state index contributed by atoms with van der Waals surface area (Å²) in [5.74, 6) is 3.51. The molecule has 0 radical (unpaired) electrons. The highest BCUT2D eigenvalue weighted by Crippen LogP contribution is 2.67. The summed E-state index contributed by atoms with van der Waals surface area (Å²) in [4.78, 5) is 27.8. The lowest BCUT2D eigenvalue weighted by molar-refractivity contribution is -0.158. The van der Waals surface area contributed by atoms with E-state index in [9.17, 15) is 9.59 Å². The molecular formula is C28H39NO2. The summed E-state index contributed by atoms with van der Waals surface area (Å²) in [6.07, 6.45) is 9.21. The zero-order valence-electron chi connectivity index (χ0n) is 19.8. The fourth-order valence-corrected chi connectivity index (χ4v) is 9.06. The molecule has 0 N–H and O–H groups in total. The minimum Gasteiger partial charge on any atom is -0.342 e. The van der Waals surface area contributed by atoms with Gasteiger partial charge in [0.2, 0.25) is 5.91 Å². The van der Waals surface area contributed by atoms with Gasteiger partial charge in [0.1, 0.15) is 0 Å². The second-order valence-corrected chi connectivity index (χ2v) is 11.7. The Balaban J connectivity index is 1.38. The minimum atomic E-state index is 0.0966. The third-order valence-corrected chi connectivity index (χ3v) is 10.7. The normalized spacial score (nSPS) is 43.0. The SMILES string of the molecule is CC(C(=O)c1ccccc1)[C@H]1CC[C@H]2[C@@H]3CCC4N(C)C(=O)CC[C@]4(C)[C@H]3CC[C@]12C. The van der Waals surface area contributed by atoms with Gasteiger partial charge in [-0.1, -0.05) is 51.1 Å². The van der Waals surface area contributed by atoms with Crippen LogP contribution in [0.3, 0.4) is 0 Å². The van der Waals surface area contributed by atoms with Gasteiger partial charge in [-0.15, -0.1) is 0 Å². The molecule has 168 valence electrons. The average molecular weight is 422 g/mol. The number of hydrogen-bond acceptors (Lipinski definition) is 2.